The van der Waals surface area contributed by atoms with E-state index in [9.17, 15) is 4.79 Å². The van der Waals surface area contributed by atoms with Gasteiger partial charge >= 0.3 is 0 Å². The predicted octanol–water partition coefficient (Wildman–Crippen LogP) is 3.48. The number of halogens is 1. The quantitative estimate of drug-likeness (QED) is 0.877. The van der Waals surface area contributed by atoms with Crippen LogP contribution in [0.3, 0.4) is 0 Å². The number of carbonyl (C=O) groups excluding carboxylic acids is 1. The van der Waals surface area contributed by atoms with E-state index in [0.29, 0.717) is 18.1 Å². The molecule has 0 aliphatic carbocycles. The number of hydrogen-bond donors (Lipinski definition) is 2. The number of hydrogen-bond acceptors (Lipinski definition) is 4. The molecule has 1 aromatic carbocycles. The second-order valence-corrected chi connectivity index (χ2v) is 5.73. The number of aromatic nitrogens is 1. The van der Waals surface area contributed by atoms with Crippen molar-refractivity contribution in [2.24, 2.45) is 5.92 Å². The molecule has 3 rings (SSSR count). The minimum atomic E-state index is 0. The van der Waals surface area contributed by atoms with Crippen molar-refractivity contribution in [1.29, 1.82) is 0 Å². The van der Waals surface area contributed by atoms with Crippen molar-refractivity contribution in [2.45, 2.75) is 25.7 Å². The van der Waals surface area contributed by atoms with Gasteiger partial charge in [-0.3, -0.25) is 4.79 Å². The maximum atomic E-state index is 12.1. The summed E-state index contributed by atoms with van der Waals surface area (Å²) in [5, 5.41) is 6.31. The number of oxazole rings is 1. The Labute approximate surface area is 142 Å². The van der Waals surface area contributed by atoms with Gasteiger partial charge in [-0.15, -0.1) is 12.4 Å². The molecule has 1 aromatic heterocycles. The Kier molecular flexibility index (Phi) is 6.62. The first kappa shape index (κ1) is 17.5. The molecular weight excluding hydrogens is 314 g/mol. The van der Waals surface area contributed by atoms with Gasteiger partial charge in [0.15, 0.2) is 12.2 Å². The highest BCUT2D eigenvalue weighted by molar-refractivity contribution is 5.91. The molecule has 124 valence electrons. The molecule has 0 atom stereocenters. The van der Waals surface area contributed by atoms with Gasteiger partial charge in [-0.05, 0) is 50.4 Å². The number of nitrogens with one attached hydrogen (secondary N) is 2. The second kappa shape index (κ2) is 8.70. The van der Waals surface area contributed by atoms with Gasteiger partial charge in [0.2, 0.25) is 5.91 Å². The number of carbonyl (C=O) groups is 1. The normalized spacial score (nSPS) is 15.0. The Morgan fingerprint density at radius 2 is 2.17 bits per heavy atom. The van der Waals surface area contributed by atoms with Crippen molar-refractivity contribution in [3.8, 4) is 11.3 Å². The zero-order valence-corrected chi connectivity index (χ0v) is 13.8. The Morgan fingerprint density at radius 1 is 1.35 bits per heavy atom. The third-order valence-corrected chi connectivity index (χ3v) is 4.10. The molecule has 1 saturated heterocycles. The monoisotopic (exact) mass is 335 g/mol. The average molecular weight is 336 g/mol. The minimum absolute atomic E-state index is 0. The van der Waals surface area contributed by atoms with Crippen LogP contribution in [0.5, 0.6) is 0 Å². The van der Waals surface area contributed by atoms with E-state index in [1.807, 2.05) is 24.3 Å². The van der Waals surface area contributed by atoms with Crippen molar-refractivity contribution >= 4 is 24.0 Å². The fraction of sp³-hybridized carbons (Fsp3) is 0.412. The summed E-state index contributed by atoms with van der Waals surface area (Å²) < 4.78 is 5.28. The third kappa shape index (κ3) is 5.08. The molecule has 1 amide bonds. The molecule has 0 unspecified atom stereocenters. The molecule has 0 saturated carbocycles. The topological polar surface area (TPSA) is 67.2 Å². The van der Waals surface area contributed by atoms with E-state index in [0.717, 1.165) is 30.8 Å². The number of anilines is 1. The first-order valence-corrected chi connectivity index (χ1v) is 7.81. The number of nitrogens with zero attached hydrogens (tertiary/aromatic N) is 1. The van der Waals surface area contributed by atoms with Gasteiger partial charge in [-0.1, -0.05) is 12.1 Å². The van der Waals surface area contributed by atoms with Gasteiger partial charge < -0.3 is 15.1 Å². The van der Waals surface area contributed by atoms with Crippen LogP contribution in [0.2, 0.25) is 0 Å². The Hall–Kier alpha value is -1.85. The lowest BCUT2D eigenvalue weighted by Gasteiger charge is -2.22. The highest BCUT2D eigenvalue weighted by Crippen LogP contribution is 2.23. The Bertz CT molecular complexity index is 610. The summed E-state index contributed by atoms with van der Waals surface area (Å²) in [6.45, 7) is 2.15. The van der Waals surface area contributed by atoms with Crippen molar-refractivity contribution in [3.63, 3.8) is 0 Å². The van der Waals surface area contributed by atoms with Crippen LogP contribution in [-0.2, 0) is 4.79 Å². The lowest BCUT2D eigenvalue weighted by atomic mass is 9.93. The van der Waals surface area contributed by atoms with Crippen LogP contribution in [0.1, 0.15) is 25.7 Å². The van der Waals surface area contributed by atoms with E-state index < -0.39 is 0 Å². The summed E-state index contributed by atoms with van der Waals surface area (Å²) in [6, 6.07) is 7.64. The first-order chi connectivity index (χ1) is 10.8. The minimum Gasteiger partial charge on any atom is -0.444 e. The number of rotatable bonds is 5. The molecular formula is C17H22ClN3O2. The van der Waals surface area contributed by atoms with Crippen molar-refractivity contribution < 1.29 is 9.21 Å². The average Bonchev–Trinajstić information content (AvgIpc) is 3.09. The van der Waals surface area contributed by atoms with Gasteiger partial charge in [0.05, 0.1) is 6.20 Å². The van der Waals surface area contributed by atoms with E-state index in [2.05, 4.69) is 15.6 Å². The predicted molar refractivity (Wildman–Crippen MR) is 92.6 cm³/mol. The SMILES string of the molecule is Cl.O=C(CCC1CCNCC1)Nc1cccc(-c2cnco2)c1. The summed E-state index contributed by atoms with van der Waals surface area (Å²) in [4.78, 5) is 16.0. The fourth-order valence-electron chi connectivity index (χ4n) is 2.84. The summed E-state index contributed by atoms with van der Waals surface area (Å²) in [5.74, 6) is 1.45. The summed E-state index contributed by atoms with van der Waals surface area (Å²) >= 11 is 0. The van der Waals surface area contributed by atoms with Gasteiger partial charge in [0, 0.05) is 17.7 Å². The summed E-state index contributed by atoms with van der Waals surface area (Å²) in [7, 11) is 0. The fourth-order valence-corrected chi connectivity index (χ4v) is 2.84. The van der Waals surface area contributed by atoms with Crippen LogP contribution in [0, 0.1) is 5.92 Å². The Morgan fingerprint density at radius 3 is 2.91 bits per heavy atom. The molecule has 1 aliphatic rings. The van der Waals surface area contributed by atoms with Crippen LogP contribution in [-0.4, -0.2) is 24.0 Å². The number of amides is 1. The first-order valence-electron chi connectivity index (χ1n) is 7.81. The molecule has 0 radical (unpaired) electrons. The standard InChI is InChI=1S/C17H21N3O2.ClH/c21-17(5-4-13-6-8-18-9-7-13)20-15-3-1-2-14(10-15)16-11-19-12-22-16;/h1-3,10-13,18H,4-9H2,(H,20,21);1H. The van der Waals surface area contributed by atoms with Gasteiger partial charge in [-0.25, -0.2) is 4.98 Å². The molecule has 5 nitrogen and oxygen atoms in total. The lowest BCUT2D eigenvalue weighted by molar-refractivity contribution is -0.116. The van der Waals surface area contributed by atoms with Crippen molar-refractivity contribution in [1.82, 2.24) is 10.3 Å². The molecule has 2 aromatic rings. The lowest BCUT2D eigenvalue weighted by Crippen LogP contribution is -2.28. The summed E-state index contributed by atoms with van der Waals surface area (Å²) in [5.41, 5.74) is 1.71. The molecule has 23 heavy (non-hydrogen) atoms. The molecule has 1 fully saturated rings. The van der Waals surface area contributed by atoms with Gasteiger partial charge in [-0.2, -0.15) is 0 Å². The van der Waals surface area contributed by atoms with Crippen LogP contribution in [0.4, 0.5) is 5.69 Å². The third-order valence-electron chi connectivity index (χ3n) is 4.10. The van der Waals surface area contributed by atoms with Crippen molar-refractivity contribution in [3.05, 3.63) is 36.9 Å². The molecule has 0 bridgehead atoms. The molecule has 0 spiro atoms. The van der Waals surface area contributed by atoms with E-state index >= 15 is 0 Å². The van der Waals surface area contributed by atoms with E-state index in [1.165, 1.54) is 19.2 Å². The maximum absolute atomic E-state index is 12.1. The second-order valence-electron chi connectivity index (χ2n) is 5.73. The highest BCUT2D eigenvalue weighted by atomic mass is 35.5. The van der Waals surface area contributed by atoms with Gasteiger partial charge in [0.1, 0.15) is 0 Å². The van der Waals surface area contributed by atoms with E-state index in [1.54, 1.807) is 6.20 Å². The van der Waals surface area contributed by atoms with Gasteiger partial charge in [0.25, 0.3) is 0 Å². The van der Waals surface area contributed by atoms with Crippen molar-refractivity contribution in [2.75, 3.05) is 18.4 Å². The van der Waals surface area contributed by atoms with E-state index in [4.69, 9.17) is 4.42 Å². The maximum Gasteiger partial charge on any atom is 0.224 e. The van der Waals surface area contributed by atoms with Crippen LogP contribution in [0.15, 0.2) is 41.3 Å². The molecule has 2 N–H and O–H groups in total. The van der Waals surface area contributed by atoms with Crippen LogP contribution >= 0.6 is 12.4 Å². The number of piperidine rings is 1. The van der Waals surface area contributed by atoms with Crippen LogP contribution in [0.25, 0.3) is 11.3 Å². The molecule has 6 heteroatoms. The largest absolute Gasteiger partial charge is 0.444 e. The van der Waals surface area contributed by atoms with Crippen LogP contribution < -0.4 is 10.6 Å². The molecule has 1 aliphatic heterocycles. The summed E-state index contributed by atoms with van der Waals surface area (Å²) in [6.07, 6.45) is 6.96. The number of benzene rings is 1. The highest BCUT2D eigenvalue weighted by Gasteiger charge is 2.14. The smallest absolute Gasteiger partial charge is 0.224 e. The Balaban J connectivity index is 0.00000192. The van der Waals surface area contributed by atoms with E-state index in [-0.39, 0.29) is 18.3 Å². The zero-order chi connectivity index (χ0) is 15.2. The molecule has 2 heterocycles. The zero-order valence-electron chi connectivity index (χ0n) is 13.0.